The van der Waals surface area contributed by atoms with Gasteiger partial charge in [0.15, 0.2) is 0 Å². The Morgan fingerprint density at radius 2 is 2.14 bits per heavy atom. The highest BCUT2D eigenvalue weighted by molar-refractivity contribution is 5.97. The third kappa shape index (κ3) is 3.41. The van der Waals surface area contributed by atoms with Crippen LogP contribution in [0.3, 0.4) is 0 Å². The van der Waals surface area contributed by atoms with Gasteiger partial charge in [0.05, 0.1) is 19.6 Å². The average molecular weight is 286 g/mol. The van der Waals surface area contributed by atoms with Crippen LogP contribution in [-0.2, 0) is 16.0 Å². The molecule has 0 radical (unpaired) electrons. The van der Waals surface area contributed by atoms with E-state index in [-0.39, 0.29) is 31.6 Å². The summed E-state index contributed by atoms with van der Waals surface area (Å²) in [6.45, 7) is 1.90. The Kier molecular flexibility index (Phi) is 4.61. The summed E-state index contributed by atoms with van der Waals surface area (Å²) in [7, 11) is 0. The van der Waals surface area contributed by atoms with Crippen LogP contribution in [0.2, 0.25) is 0 Å². The first-order valence-electron chi connectivity index (χ1n) is 6.80. The molecule has 1 atom stereocenters. The zero-order valence-corrected chi connectivity index (χ0v) is 12.0. The van der Waals surface area contributed by atoms with Crippen LogP contribution < -0.4 is 4.90 Å². The molecule has 1 aromatic carbocycles. The molecule has 0 aliphatic carbocycles. The SMILES string of the molecule is C#CCN(CC(=O)O)CC(=O)N1c2ccccc2CC1C. The van der Waals surface area contributed by atoms with Crippen LogP contribution in [0.15, 0.2) is 24.3 Å². The van der Waals surface area contributed by atoms with Crippen LogP contribution >= 0.6 is 0 Å². The molecule has 0 spiro atoms. The van der Waals surface area contributed by atoms with Gasteiger partial charge >= 0.3 is 5.97 Å². The predicted molar refractivity (Wildman–Crippen MR) is 80.0 cm³/mol. The smallest absolute Gasteiger partial charge is 0.317 e. The van der Waals surface area contributed by atoms with Crippen LogP contribution in [0.4, 0.5) is 5.69 Å². The summed E-state index contributed by atoms with van der Waals surface area (Å²) >= 11 is 0. The van der Waals surface area contributed by atoms with Crippen molar-refractivity contribution in [3.63, 3.8) is 0 Å². The number of carbonyl (C=O) groups is 2. The van der Waals surface area contributed by atoms with Crippen molar-refractivity contribution >= 4 is 17.6 Å². The Morgan fingerprint density at radius 3 is 2.81 bits per heavy atom. The topological polar surface area (TPSA) is 60.9 Å². The summed E-state index contributed by atoms with van der Waals surface area (Å²) in [5.74, 6) is 1.28. The third-order valence-electron chi connectivity index (χ3n) is 3.51. The highest BCUT2D eigenvalue weighted by Crippen LogP contribution is 2.31. The van der Waals surface area contributed by atoms with Crippen LogP contribution in [-0.4, -0.2) is 47.6 Å². The summed E-state index contributed by atoms with van der Waals surface area (Å²) in [6.07, 6.45) is 6.04. The van der Waals surface area contributed by atoms with Gasteiger partial charge in [-0.3, -0.25) is 14.5 Å². The molecular formula is C16H18N2O3. The molecule has 0 fully saturated rings. The van der Waals surface area contributed by atoms with Crippen LogP contribution in [0, 0.1) is 12.3 Å². The van der Waals surface area contributed by atoms with Gasteiger partial charge in [0.1, 0.15) is 0 Å². The Morgan fingerprint density at radius 1 is 1.43 bits per heavy atom. The van der Waals surface area contributed by atoms with E-state index < -0.39 is 5.97 Å². The summed E-state index contributed by atoms with van der Waals surface area (Å²) in [4.78, 5) is 26.5. The van der Waals surface area contributed by atoms with Crippen molar-refractivity contribution < 1.29 is 14.7 Å². The van der Waals surface area contributed by atoms with Gasteiger partial charge in [-0.25, -0.2) is 0 Å². The van der Waals surface area contributed by atoms with E-state index in [0.29, 0.717) is 0 Å². The van der Waals surface area contributed by atoms with Crippen LogP contribution in [0.25, 0.3) is 0 Å². The molecule has 1 aromatic rings. The first kappa shape index (κ1) is 15.1. The van der Waals surface area contributed by atoms with Gasteiger partial charge in [-0.1, -0.05) is 24.1 Å². The molecule has 1 amide bonds. The Labute approximate surface area is 124 Å². The molecule has 1 N–H and O–H groups in total. The van der Waals surface area contributed by atoms with E-state index in [9.17, 15) is 9.59 Å². The number of fused-ring (bicyclic) bond motifs is 1. The van der Waals surface area contributed by atoms with Crippen molar-refractivity contribution in [2.75, 3.05) is 24.5 Å². The standard InChI is InChI=1S/C16H18N2O3/c1-3-8-17(11-16(20)21)10-15(19)18-12(2)9-13-6-4-5-7-14(13)18/h1,4-7,12H,8-11H2,2H3,(H,20,21). The van der Waals surface area contributed by atoms with Gasteiger partial charge in [0.2, 0.25) is 5.91 Å². The second-order valence-electron chi connectivity index (χ2n) is 5.19. The lowest BCUT2D eigenvalue weighted by atomic mass is 10.1. The van der Waals surface area contributed by atoms with Crippen molar-refractivity contribution in [1.82, 2.24) is 4.90 Å². The molecule has 5 heteroatoms. The largest absolute Gasteiger partial charge is 0.480 e. The van der Waals surface area contributed by atoms with Gasteiger partial charge in [0, 0.05) is 11.7 Å². The number of hydrogen-bond donors (Lipinski definition) is 1. The molecule has 0 saturated heterocycles. The molecule has 1 heterocycles. The maximum Gasteiger partial charge on any atom is 0.317 e. The normalized spacial score (nSPS) is 16.6. The zero-order valence-electron chi connectivity index (χ0n) is 12.0. The predicted octanol–water partition coefficient (Wildman–Crippen LogP) is 0.984. The molecule has 5 nitrogen and oxygen atoms in total. The number of anilines is 1. The van der Waals surface area contributed by atoms with Gasteiger partial charge in [-0.15, -0.1) is 6.42 Å². The summed E-state index contributed by atoms with van der Waals surface area (Å²) < 4.78 is 0. The highest BCUT2D eigenvalue weighted by Gasteiger charge is 2.31. The number of hydrogen-bond acceptors (Lipinski definition) is 3. The second-order valence-corrected chi connectivity index (χ2v) is 5.19. The molecule has 0 saturated carbocycles. The molecular weight excluding hydrogens is 268 g/mol. The fourth-order valence-corrected chi connectivity index (χ4v) is 2.70. The molecule has 1 unspecified atom stereocenters. The highest BCUT2D eigenvalue weighted by atomic mass is 16.4. The lowest BCUT2D eigenvalue weighted by molar-refractivity contribution is -0.138. The summed E-state index contributed by atoms with van der Waals surface area (Å²) in [6, 6.07) is 7.85. The number of carbonyl (C=O) groups excluding carboxylic acids is 1. The van der Waals surface area contributed by atoms with E-state index in [2.05, 4.69) is 5.92 Å². The van der Waals surface area contributed by atoms with Crippen molar-refractivity contribution in [3.05, 3.63) is 29.8 Å². The van der Waals surface area contributed by atoms with Crippen molar-refractivity contribution in [2.45, 2.75) is 19.4 Å². The lowest BCUT2D eigenvalue weighted by Crippen LogP contribution is -2.44. The maximum absolute atomic E-state index is 12.5. The molecule has 1 aliphatic rings. The van der Waals surface area contributed by atoms with Gasteiger partial charge < -0.3 is 10.0 Å². The second kappa shape index (κ2) is 6.42. The van der Waals surface area contributed by atoms with E-state index in [4.69, 9.17) is 11.5 Å². The van der Waals surface area contributed by atoms with Gasteiger partial charge in [0.25, 0.3) is 0 Å². The Bertz CT molecular complexity index is 591. The molecule has 0 aromatic heterocycles. The number of rotatable bonds is 5. The fraction of sp³-hybridized carbons (Fsp3) is 0.375. The minimum atomic E-state index is -0.993. The number of carboxylic acid groups (broad SMARTS) is 1. The molecule has 21 heavy (non-hydrogen) atoms. The first-order valence-corrected chi connectivity index (χ1v) is 6.80. The maximum atomic E-state index is 12.5. The van der Waals surface area contributed by atoms with Crippen LogP contribution in [0.1, 0.15) is 12.5 Å². The Hall–Kier alpha value is -2.32. The molecule has 110 valence electrons. The third-order valence-corrected chi connectivity index (χ3v) is 3.51. The minimum absolute atomic E-state index is 0.00910. The number of benzene rings is 1. The number of nitrogens with zero attached hydrogens (tertiary/aromatic N) is 2. The van der Waals surface area contributed by atoms with Crippen molar-refractivity contribution in [3.8, 4) is 12.3 Å². The van der Waals surface area contributed by atoms with Gasteiger partial charge in [-0.05, 0) is 25.0 Å². The van der Waals surface area contributed by atoms with Crippen molar-refractivity contribution in [1.29, 1.82) is 0 Å². The van der Waals surface area contributed by atoms with E-state index >= 15 is 0 Å². The quantitative estimate of drug-likeness (QED) is 0.820. The average Bonchev–Trinajstić information content (AvgIpc) is 2.73. The summed E-state index contributed by atoms with van der Waals surface area (Å²) in [5.41, 5.74) is 2.05. The van der Waals surface area contributed by atoms with E-state index in [1.165, 1.54) is 4.90 Å². The first-order chi connectivity index (χ1) is 10.0. The minimum Gasteiger partial charge on any atom is -0.480 e. The van der Waals surface area contributed by atoms with E-state index in [1.54, 1.807) is 4.90 Å². The Balaban J connectivity index is 2.12. The van der Waals surface area contributed by atoms with E-state index in [0.717, 1.165) is 17.7 Å². The van der Waals surface area contributed by atoms with Crippen LogP contribution in [0.5, 0.6) is 0 Å². The lowest BCUT2D eigenvalue weighted by Gasteiger charge is -2.26. The number of para-hydroxylation sites is 1. The number of carboxylic acids is 1. The van der Waals surface area contributed by atoms with Gasteiger partial charge in [-0.2, -0.15) is 0 Å². The van der Waals surface area contributed by atoms with E-state index in [1.807, 2.05) is 31.2 Å². The monoisotopic (exact) mass is 286 g/mol. The number of terminal acetylenes is 1. The molecule has 2 rings (SSSR count). The summed E-state index contributed by atoms with van der Waals surface area (Å²) in [5, 5.41) is 8.86. The molecule has 0 bridgehead atoms. The molecule has 1 aliphatic heterocycles. The number of amides is 1. The zero-order chi connectivity index (χ0) is 15.4. The fourth-order valence-electron chi connectivity index (χ4n) is 2.70. The van der Waals surface area contributed by atoms with Crippen molar-refractivity contribution in [2.24, 2.45) is 0 Å². The number of aliphatic carboxylic acids is 1.